The Hall–Kier alpha value is -0.890. The third-order valence-electron chi connectivity index (χ3n) is 3.37. The lowest BCUT2D eigenvalue weighted by Gasteiger charge is -2.33. The van der Waals surface area contributed by atoms with Crippen LogP contribution >= 0.6 is 0 Å². The van der Waals surface area contributed by atoms with Crippen LogP contribution in [0.2, 0.25) is 0 Å². The summed E-state index contributed by atoms with van der Waals surface area (Å²) in [6, 6.07) is 7.18. The molecule has 0 aromatic heterocycles. The van der Waals surface area contributed by atoms with Gasteiger partial charge in [0.1, 0.15) is 5.82 Å². The summed E-state index contributed by atoms with van der Waals surface area (Å²) in [4.78, 5) is 0. The van der Waals surface area contributed by atoms with Crippen molar-refractivity contribution in [1.29, 1.82) is 0 Å². The minimum atomic E-state index is -0.172. The minimum Gasteiger partial charge on any atom is -0.313 e. The van der Waals surface area contributed by atoms with Gasteiger partial charge in [-0.2, -0.15) is 0 Å². The predicted molar refractivity (Wildman–Crippen MR) is 67.2 cm³/mol. The number of rotatable bonds is 5. The maximum atomic E-state index is 12.9. The van der Waals surface area contributed by atoms with Crippen LogP contribution in [0.3, 0.4) is 0 Å². The molecule has 1 nitrogen and oxygen atoms in total. The molecule has 0 amide bonds. The van der Waals surface area contributed by atoms with E-state index in [1.54, 1.807) is 0 Å². The zero-order valence-electron chi connectivity index (χ0n) is 10.7. The Morgan fingerprint density at radius 3 is 2.31 bits per heavy atom. The van der Waals surface area contributed by atoms with Crippen LogP contribution in [-0.2, 0) is 5.41 Å². The summed E-state index contributed by atoms with van der Waals surface area (Å²) in [5, 5.41) is 3.49. The highest BCUT2D eigenvalue weighted by Crippen LogP contribution is 2.27. The van der Waals surface area contributed by atoms with Gasteiger partial charge in [-0.1, -0.05) is 32.9 Å². The lowest BCUT2D eigenvalue weighted by molar-refractivity contribution is 0.362. The van der Waals surface area contributed by atoms with Crippen LogP contribution in [0.5, 0.6) is 0 Å². The van der Waals surface area contributed by atoms with Gasteiger partial charge < -0.3 is 5.32 Å². The Morgan fingerprint density at radius 1 is 1.25 bits per heavy atom. The molecule has 16 heavy (non-hydrogen) atoms. The molecule has 0 radical (unpaired) electrons. The van der Waals surface area contributed by atoms with Crippen LogP contribution in [0, 0.1) is 5.82 Å². The third kappa shape index (κ3) is 3.05. The Balaban J connectivity index is 2.79. The zero-order valence-corrected chi connectivity index (χ0v) is 10.7. The van der Waals surface area contributed by atoms with Gasteiger partial charge in [0.25, 0.3) is 0 Å². The molecule has 1 N–H and O–H groups in total. The zero-order chi connectivity index (χ0) is 12.2. The second-order valence-electron chi connectivity index (χ2n) is 4.90. The largest absolute Gasteiger partial charge is 0.313 e. The molecule has 1 unspecified atom stereocenters. The van der Waals surface area contributed by atoms with Crippen molar-refractivity contribution in [1.82, 2.24) is 5.32 Å². The van der Waals surface area contributed by atoms with Crippen LogP contribution in [0.25, 0.3) is 0 Å². The van der Waals surface area contributed by atoms with Crippen LogP contribution in [0.1, 0.15) is 39.7 Å². The maximum Gasteiger partial charge on any atom is 0.123 e. The van der Waals surface area contributed by atoms with Crippen molar-refractivity contribution in [2.24, 2.45) is 0 Å². The highest BCUT2D eigenvalue weighted by Gasteiger charge is 2.27. The summed E-state index contributed by atoms with van der Waals surface area (Å²) in [7, 11) is 0. The van der Waals surface area contributed by atoms with Gasteiger partial charge in [0.15, 0.2) is 0 Å². The Bertz CT molecular complexity index is 316. The fraction of sp³-hybridized carbons (Fsp3) is 0.571. The molecule has 90 valence electrons. The first kappa shape index (κ1) is 13.2. The van der Waals surface area contributed by atoms with Crippen molar-refractivity contribution in [3.8, 4) is 0 Å². The van der Waals surface area contributed by atoms with E-state index >= 15 is 0 Å². The molecule has 0 fully saturated rings. The Kier molecular flexibility index (Phi) is 4.48. The van der Waals surface area contributed by atoms with Gasteiger partial charge >= 0.3 is 0 Å². The topological polar surface area (TPSA) is 12.0 Å². The summed E-state index contributed by atoms with van der Waals surface area (Å²) in [6.07, 6.45) is 1.13. The number of hydrogen-bond acceptors (Lipinski definition) is 1. The lowest BCUT2D eigenvalue weighted by atomic mass is 9.78. The first-order valence-corrected chi connectivity index (χ1v) is 5.98. The van der Waals surface area contributed by atoms with E-state index < -0.39 is 0 Å². The van der Waals surface area contributed by atoms with Crippen molar-refractivity contribution in [2.75, 3.05) is 6.54 Å². The van der Waals surface area contributed by atoms with E-state index in [9.17, 15) is 4.39 Å². The van der Waals surface area contributed by atoms with E-state index in [4.69, 9.17) is 0 Å². The summed E-state index contributed by atoms with van der Waals surface area (Å²) < 4.78 is 12.9. The molecule has 0 spiro atoms. The van der Waals surface area contributed by atoms with Crippen molar-refractivity contribution in [3.63, 3.8) is 0 Å². The summed E-state index contributed by atoms with van der Waals surface area (Å²) in [6.45, 7) is 9.73. The molecular weight excluding hydrogens is 201 g/mol. The first-order valence-electron chi connectivity index (χ1n) is 5.98. The normalized spacial score (nSPS) is 13.8. The number of benzene rings is 1. The van der Waals surface area contributed by atoms with Gasteiger partial charge in [-0.3, -0.25) is 0 Å². The second kappa shape index (κ2) is 5.44. The predicted octanol–water partition coefficient (Wildman–Crippen LogP) is 3.49. The molecule has 0 saturated carbocycles. The van der Waals surface area contributed by atoms with Gasteiger partial charge in [-0.25, -0.2) is 4.39 Å². The van der Waals surface area contributed by atoms with E-state index in [2.05, 4.69) is 33.0 Å². The third-order valence-corrected chi connectivity index (χ3v) is 3.37. The average molecular weight is 223 g/mol. The molecule has 0 aliphatic heterocycles. The van der Waals surface area contributed by atoms with Gasteiger partial charge in [0.2, 0.25) is 0 Å². The Morgan fingerprint density at radius 2 is 1.81 bits per heavy atom. The molecule has 1 rings (SSSR count). The second-order valence-corrected chi connectivity index (χ2v) is 4.90. The molecule has 2 heteroatoms. The molecule has 0 saturated heterocycles. The molecule has 1 aromatic carbocycles. The van der Waals surface area contributed by atoms with Crippen LogP contribution < -0.4 is 5.32 Å². The Labute approximate surface area is 98.1 Å². The van der Waals surface area contributed by atoms with Crippen LogP contribution in [0.15, 0.2) is 24.3 Å². The SMILES string of the molecule is CCCNC(C)C(C)(C)c1ccc(F)cc1. The van der Waals surface area contributed by atoms with Gasteiger partial charge in [0, 0.05) is 11.5 Å². The number of hydrogen-bond donors (Lipinski definition) is 1. The quantitative estimate of drug-likeness (QED) is 0.805. The van der Waals surface area contributed by atoms with Gasteiger partial charge in [-0.15, -0.1) is 0 Å². The molecule has 1 aromatic rings. The maximum absolute atomic E-state index is 12.9. The molecule has 1 atom stereocenters. The van der Waals surface area contributed by atoms with Crippen molar-refractivity contribution >= 4 is 0 Å². The van der Waals surface area contributed by atoms with Crippen LogP contribution in [-0.4, -0.2) is 12.6 Å². The fourth-order valence-electron chi connectivity index (χ4n) is 1.75. The monoisotopic (exact) mass is 223 g/mol. The van der Waals surface area contributed by atoms with E-state index in [0.29, 0.717) is 6.04 Å². The summed E-state index contributed by atoms with van der Waals surface area (Å²) in [5.74, 6) is -0.172. The molecule has 0 aliphatic carbocycles. The van der Waals surface area contributed by atoms with E-state index in [1.807, 2.05) is 12.1 Å². The number of halogens is 1. The number of nitrogens with one attached hydrogen (secondary N) is 1. The highest BCUT2D eigenvalue weighted by atomic mass is 19.1. The van der Waals surface area contributed by atoms with Gasteiger partial charge in [0.05, 0.1) is 0 Å². The van der Waals surface area contributed by atoms with Crippen molar-refractivity contribution in [3.05, 3.63) is 35.6 Å². The average Bonchev–Trinajstić information content (AvgIpc) is 2.26. The van der Waals surface area contributed by atoms with Crippen molar-refractivity contribution in [2.45, 2.75) is 45.6 Å². The fourth-order valence-corrected chi connectivity index (χ4v) is 1.75. The van der Waals surface area contributed by atoms with Crippen LogP contribution in [0.4, 0.5) is 4.39 Å². The molecular formula is C14H22FN. The molecule has 0 aliphatic rings. The smallest absolute Gasteiger partial charge is 0.123 e. The van der Waals surface area contributed by atoms with Gasteiger partial charge in [-0.05, 0) is 37.6 Å². The summed E-state index contributed by atoms with van der Waals surface area (Å²) >= 11 is 0. The van der Waals surface area contributed by atoms with Crippen molar-refractivity contribution < 1.29 is 4.39 Å². The highest BCUT2D eigenvalue weighted by molar-refractivity contribution is 5.26. The first-order chi connectivity index (χ1) is 7.48. The van der Waals surface area contributed by atoms with E-state index in [0.717, 1.165) is 13.0 Å². The standard InChI is InChI=1S/C14H22FN/c1-5-10-16-11(2)14(3,4)12-6-8-13(15)9-7-12/h6-9,11,16H,5,10H2,1-4H3. The lowest BCUT2D eigenvalue weighted by Crippen LogP contribution is -2.42. The van der Waals surface area contributed by atoms with E-state index in [1.165, 1.54) is 17.7 Å². The minimum absolute atomic E-state index is 0.0167. The molecule has 0 bridgehead atoms. The summed E-state index contributed by atoms with van der Waals surface area (Å²) in [5.41, 5.74) is 1.19. The van der Waals surface area contributed by atoms with E-state index in [-0.39, 0.29) is 11.2 Å². The molecule has 0 heterocycles.